The molecule has 145 heavy (non-hydrogen) atoms. The van der Waals surface area contributed by atoms with Crippen molar-refractivity contribution >= 4 is 158 Å². The largest absolute Gasteiger partial charge is 0.478 e. The zero-order chi connectivity index (χ0) is 111. The highest BCUT2D eigenvalue weighted by Gasteiger charge is 2.40. The average Bonchev–Trinajstić information content (AvgIpc) is 1.08. The third-order valence-electron chi connectivity index (χ3n) is 20.1. The molecule has 1 aliphatic rings. The molecule has 49 heteroatoms. The van der Waals surface area contributed by atoms with Crippen LogP contribution in [0.5, 0.6) is 0 Å². The molecule has 1 aliphatic heterocycles. The van der Waals surface area contributed by atoms with Gasteiger partial charge in [0.25, 0.3) is 55.0 Å². The van der Waals surface area contributed by atoms with Crippen LogP contribution in [0.15, 0.2) is 247 Å². The number of nitrogens with two attached hydrogens (primary N) is 4. The third kappa shape index (κ3) is 52.6. The molecule has 1 heterocycles. The van der Waals surface area contributed by atoms with Crippen molar-refractivity contribution < 1.29 is 91.3 Å². The number of non-ortho nitro benzene ring substituents is 3. The maximum absolute atomic E-state index is 12.8. The van der Waals surface area contributed by atoms with Crippen LogP contribution >= 0.6 is 34.7 Å². The molecule has 0 spiro atoms. The Balaban J connectivity index is 0. The second-order valence-electron chi connectivity index (χ2n) is 36.6. The molecule has 39 nitrogen and oxygen atoms in total. The maximum atomic E-state index is 12.8. The lowest BCUT2D eigenvalue weighted by Gasteiger charge is -2.36. The molecule has 1 saturated heterocycles. The molecule has 0 saturated carbocycles. The highest BCUT2D eigenvalue weighted by Crippen LogP contribution is 2.38. The summed E-state index contributed by atoms with van der Waals surface area (Å²) in [6, 6.07) is 54.5. The Kier molecular flexibility index (Phi) is 58.7. The van der Waals surface area contributed by atoms with E-state index in [2.05, 4.69) is 86.7 Å². The summed E-state index contributed by atoms with van der Waals surface area (Å²) in [6.45, 7) is 29.7. The number of carboxylic acids is 1. The minimum absolute atomic E-state index is 0. The first kappa shape index (κ1) is 136. The number of primary sulfonamides is 2. The van der Waals surface area contributed by atoms with Crippen molar-refractivity contribution in [1.82, 2.24) is 38.7 Å². The van der Waals surface area contributed by atoms with E-state index in [0.717, 1.165) is 56.1 Å². The number of hydrogen-bond acceptors (Lipinski definition) is 27. The van der Waals surface area contributed by atoms with Gasteiger partial charge in [-0.05, 0) is 252 Å². The van der Waals surface area contributed by atoms with Gasteiger partial charge in [-0.1, -0.05) is 111 Å². The van der Waals surface area contributed by atoms with Gasteiger partial charge in [0.15, 0.2) is 8.24 Å². The highest BCUT2D eigenvalue weighted by molar-refractivity contribution is 8.13. The van der Waals surface area contributed by atoms with Crippen LogP contribution in [0.4, 0.5) is 22.7 Å². The molecular formula is C96H141Cl3N16O23S5Si2. The van der Waals surface area contributed by atoms with E-state index in [0.29, 0.717) is 37.7 Å². The molecule has 4 amide bonds. The third-order valence-corrected chi connectivity index (χ3v) is 38.8. The molecule has 0 aromatic heterocycles. The lowest BCUT2D eigenvalue weighted by Crippen LogP contribution is -2.54. The van der Waals surface area contributed by atoms with Crippen molar-refractivity contribution in [3.05, 3.63) is 299 Å². The van der Waals surface area contributed by atoms with E-state index >= 15 is 0 Å². The normalized spacial score (nSPS) is 12.0. The number of carboxylic acid groups (broad SMARTS) is 1. The van der Waals surface area contributed by atoms with Crippen LogP contribution in [0, 0.1) is 30.3 Å². The fourth-order valence-electron chi connectivity index (χ4n) is 10.4. The predicted molar refractivity (Wildman–Crippen MR) is 581 cm³/mol. The number of rotatable bonds is 23. The number of nitro benzene ring substituents is 3. The number of benzene rings is 9. The first-order valence-electron chi connectivity index (χ1n) is 44.0. The number of anilines is 1. The van der Waals surface area contributed by atoms with Crippen molar-refractivity contribution in [2.75, 3.05) is 118 Å². The highest BCUT2D eigenvalue weighted by atomic mass is 35.7. The number of nitro groups is 3. The molecule has 10 N–H and O–H groups in total. The fraction of sp³-hybridized carbons (Fsp3) is 0.375. The summed E-state index contributed by atoms with van der Waals surface area (Å²) in [5.41, 5.74) is 11.5. The second kappa shape index (κ2) is 62.7. The molecule has 802 valence electrons. The van der Waals surface area contributed by atoms with E-state index in [9.17, 15) is 97.0 Å². The summed E-state index contributed by atoms with van der Waals surface area (Å²) >= 11 is 5.13. The molecule has 10 rings (SSSR count). The number of halogens is 3. The smallest absolute Gasteiger partial charge is 0.335 e. The van der Waals surface area contributed by atoms with Gasteiger partial charge in [-0.2, -0.15) is 0 Å². The van der Waals surface area contributed by atoms with Crippen LogP contribution in [-0.2, 0) is 73.4 Å². The van der Waals surface area contributed by atoms with Crippen LogP contribution in [0.3, 0.4) is 0 Å². The quantitative estimate of drug-likeness (QED) is 0.0114. The summed E-state index contributed by atoms with van der Waals surface area (Å²) < 4.78 is 116. The van der Waals surface area contributed by atoms with Crippen LogP contribution in [0.25, 0.3) is 0 Å². The van der Waals surface area contributed by atoms with Gasteiger partial charge in [-0.3, -0.25) is 58.3 Å². The van der Waals surface area contributed by atoms with Crippen molar-refractivity contribution in [3.8, 4) is 0 Å². The maximum Gasteiger partial charge on any atom is 0.335 e. The van der Waals surface area contributed by atoms with Gasteiger partial charge in [-0.25, -0.2) is 62.5 Å². The minimum Gasteiger partial charge on any atom is -0.478 e. The molecule has 0 bridgehead atoms. The lowest BCUT2D eigenvalue weighted by atomic mass is 10.2. The van der Waals surface area contributed by atoms with Crippen molar-refractivity contribution in [2.24, 2.45) is 19.4 Å². The number of carbonyl (C=O) groups excluding carboxylic acids is 5. The number of amides is 4. The van der Waals surface area contributed by atoms with Gasteiger partial charge in [0.1, 0.15) is 18.2 Å². The van der Waals surface area contributed by atoms with Crippen molar-refractivity contribution in [3.63, 3.8) is 0 Å². The van der Waals surface area contributed by atoms with E-state index in [-0.39, 0.29) is 89.0 Å². The van der Waals surface area contributed by atoms with Crippen LogP contribution in [0.1, 0.15) is 153 Å². The number of hydrogen-bond donors (Lipinski definition) is 6. The molecule has 1 unspecified atom stereocenters. The van der Waals surface area contributed by atoms with E-state index in [1.165, 1.54) is 166 Å². The number of ether oxygens (including phenoxy) is 1. The molecule has 9 aromatic carbocycles. The summed E-state index contributed by atoms with van der Waals surface area (Å²) in [4.78, 5) is 108. The van der Waals surface area contributed by atoms with Crippen LogP contribution < -0.4 is 25.5 Å². The standard InChI is InChI=1S/C15H29N3OSSi.C15H28N2O2SSi.C9H10ClNO3S.C9H12N2O3S.C9H10N2O3.C9H14N2O2S.C9H12N2O.C7H4ClNO3.C7H5NO4.C4H8O.C3H8.ClH/c1-15(2,3)21(6,7)17-20(16,19)14-10-8-13(9-11-14)12-18(4)5;1-15(2,3)21(6,7)16-20(18,19)14-10-8-13(9-11-14)12-17(4)5;2*1-11(2)9(12)7-3-5-8(6-4-7)15(10,13)14;1-10(2)9(12)7-3-5-8(6-4-7)11(13)14;1-11(2)7-8-3-5-9(6-4-8)14(10,12)13;1-11(2)9(12)7-3-5-8(10)6-4-7;8-7(10)5-1-3-6(4-2-5)9(11)12;9-7(10)5-1-3-6(4-2-5)8(11)12;1-2-4-5-3-1;1-3-2;/h8-11H,12H2,1-7H3,(H2,16,17,19);8-11,16H,12H2,1-7H3;3-6H,1-2H3;3-6H,1-2H3,(H2,10,13,14);3-6H,1-2H3;3-6H,7H2,1-2H3,(H2,10,12,13);3-6H,10H2,1-2H3;1-4H;1-4H,(H,9,10);1-4H2;3H2,1-2H3;1H. The average molecular weight is 2210 g/mol. The van der Waals surface area contributed by atoms with E-state index < -0.39 is 91.5 Å². The van der Waals surface area contributed by atoms with Crippen LogP contribution in [0.2, 0.25) is 36.3 Å². The minimum atomic E-state index is -3.72. The molecular weight excluding hydrogens is 2070 g/mol. The summed E-state index contributed by atoms with van der Waals surface area (Å²) in [5.74, 6) is -1.63. The van der Waals surface area contributed by atoms with Crippen molar-refractivity contribution in [2.45, 2.75) is 155 Å². The Morgan fingerprint density at radius 2 is 0.648 bits per heavy atom. The topological polar surface area (TPSA) is 566 Å². The van der Waals surface area contributed by atoms with Crippen molar-refractivity contribution in [1.29, 1.82) is 0 Å². The Bertz CT molecular complexity index is 6030. The summed E-state index contributed by atoms with van der Waals surface area (Å²) in [7, 11) is 8.84. The molecule has 1 atom stereocenters. The predicted octanol–water partition coefficient (Wildman–Crippen LogP) is 16.4. The van der Waals surface area contributed by atoms with E-state index in [4.69, 9.17) is 53.3 Å². The first-order valence-corrected chi connectivity index (χ1v) is 58.8. The number of sulfonamides is 3. The first-order chi connectivity index (χ1) is 66.0. The Hall–Kier alpha value is -11.3. The van der Waals surface area contributed by atoms with Gasteiger partial charge in [0, 0.05) is 170 Å². The SMILES string of the molecule is C1CCOC1.CCC.CN(C)C(=O)c1ccc(N)cc1.CN(C)C(=O)c1ccc(S(=O)(=O)Cl)cc1.CN(C)C(=O)c1ccc(S(N)(=O)=O)cc1.CN(C)C(=O)c1ccc([N+](=O)[O-])cc1.CN(C)Cc1ccc(S(=O)(=O)N[Si](C)(C)C(C)(C)C)cc1.CN(C)Cc1ccc(S(N)(=O)=N[Si](C)(C)C(C)(C)C)cc1.CN(C)Cc1ccc(S(N)(=O)=O)cc1.Cl.O=C(Cl)c1ccc([N+](=O)[O-])cc1.O=C(O)c1ccc([N+](=O)[O-])cc1. The van der Waals surface area contributed by atoms with Crippen LogP contribution in [-0.4, -0.2) is 255 Å². The number of nitrogens with zero attached hydrogens (tertiary/aromatic N) is 11. The van der Waals surface area contributed by atoms with E-state index in [1.54, 1.807) is 105 Å². The number of aromatic carboxylic acids is 1. The monoisotopic (exact) mass is 2210 g/mol. The molecule has 9 aromatic rings. The molecule has 0 aliphatic carbocycles. The number of nitrogen functional groups attached to an aromatic ring is 1. The van der Waals surface area contributed by atoms with Gasteiger partial charge < -0.3 is 49.9 Å². The zero-order valence-electron chi connectivity index (χ0n) is 86.8. The second-order valence-corrected chi connectivity index (χ2v) is 56.6. The molecule has 0 radical (unpaired) electrons. The van der Waals surface area contributed by atoms with Gasteiger partial charge in [-0.15, -0.1) is 12.4 Å². The Morgan fingerprint density at radius 1 is 0.407 bits per heavy atom. The fourth-order valence-corrected chi connectivity index (χ4v) is 22.0. The molecule has 1 fully saturated rings. The summed E-state index contributed by atoms with van der Waals surface area (Å²) in [5, 5.41) is 54.4. The van der Waals surface area contributed by atoms with E-state index in [1.807, 2.05) is 96.7 Å². The Labute approximate surface area is 872 Å². The number of carbonyl (C=O) groups is 6. The zero-order valence-corrected chi connectivity index (χ0v) is 95.2. The Morgan fingerprint density at radius 3 is 0.869 bits per heavy atom. The number of nitrogens with one attached hydrogen (secondary N) is 1. The van der Waals surface area contributed by atoms with Gasteiger partial charge in [0.05, 0.1) is 44.8 Å². The van der Waals surface area contributed by atoms with Gasteiger partial charge in [0.2, 0.25) is 30.1 Å². The van der Waals surface area contributed by atoms with Gasteiger partial charge >= 0.3 is 5.97 Å². The lowest BCUT2D eigenvalue weighted by molar-refractivity contribution is -0.385. The summed E-state index contributed by atoms with van der Waals surface area (Å²) in [6.07, 6.45) is 3.81.